The molecule has 1 amide bonds. The molecule has 0 saturated carbocycles. The number of aliphatic hydroxyl groups excluding tert-OH is 1. The normalized spacial score (nSPS) is 15.2. The summed E-state index contributed by atoms with van der Waals surface area (Å²) < 4.78 is 31.1. The Kier molecular flexibility index (Phi) is 8.91. The predicted molar refractivity (Wildman–Crippen MR) is 170 cm³/mol. The molecule has 1 aromatic heterocycles. The number of benzene rings is 3. The van der Waals surface area contributed by atoms with Crippen molar-refractivity contribution in [1.82, 2.24) is 19.4 Å². The molecule has 1 aliphatic rings. The van der Waals surface area contributed by atoms with Gasteiger partial charge in [-0.2, -0.15) is 5.10 Å². The zero-order valence-electron chi connectivity index (χ0n) is 25.5. The second kappa shape index (κ2) is 12.5. The van der Waals surface area contributed by atoms with Crippen LogP contribution >= 0.6 is 0 Å². The van der Waals surface area contributed by atoms with Crippen molar-refractivity contribution in [1.29, 1.82) is 0 Å². The van der Waals surface area contributed by atoms with Gasteiger partial charge < -0.3 is 15.3 Å². The lowest BCUT2D eigenvalue weighted by Gasteiger charge is -2.31. The molecule has 1 saturated heterocycles. The van der Waals surface area contributed by atoms with Crippen LogP contribution in [0.1, 0.15) is 52.4 Å². The van der Waals surface area contributed by atoms with E-state index < -0.39 is 10.0 Å². The Morgan fingerprint density at radius 3 is 2.26 bits per heavy atom. The number of amides is 1. The van der Waals surface area contributed by atoms with Gasteiger partial charge in [0, 0.05) is 48.9 Å². The van der Waals surface area contributed by atoms with Crippen molar-refractivity contribution >= 4 is 32.5 Å². The number of hydrogen-bond donors (Lipinski definition) is 3. The van der Waals surface area contributed by atoms with Gasteiger partial charge in [-0.3, -0.25) is 4.79 Å². The third-order valence-corrected chi connectivity index (χ3v) is 10.1. The smallest absolute Gasteiger partial charge is 0.253 e. The SMILES string of the molecule is Cc1cc(C)c(S(=O)(=O)NC(C)CNc2cc(C)cc3c2cnn3-c2ccc(C(=O)N3CCC(CO)CC3)cc2)c(C)c1. The maximum atomic E-state index is 13.2. The van der Waals surface area contributed by atoms with Gasteiger partial charge in [0.1, 0.15) is 0 Å². The zero-order valence-corrected chi connectivity index (χ0v) is 26.3. The number of hydrogen-bond acceptors (Lipinski definition) is 6. The van der Waals surface area contributed by atoms with Crippen molar-refractivity contribution in [3.8, 4) is 5.69 Å². The lowest BCUT2D eigenvalue weighted by molar-refractivity contribution is 0.0651. The van der Waals surface area contributed by atoms with E-state index in [1.54, 1.807) is 6.20 Å². The van der Waals surface area contributed by atoms with Gasteiger partial charge in [-0.05, 0) is 106 Å². The van der Waals surface area contributed by atoms with Crippen LogP contribution in [0.15, 0.2) is 59.6 Å². The number of carbonyl (C=O) groups excluding carboxylic acids is 1. The molecule has 1 fully saturated rings. The number of aryl methyl sites for hydroxylation is 4. The Hall–Kier alpha value is -3.73. The highest BCUT2D eigenvalue weighted by Gasteiger charge is 2.24. The molecule has 5 rings (SSSR count). The Labute approximate surface area is 254 Å². The van der Waals surface area contributed by atoms with Gasteiger partial charge in [0.15, 0.2) is 0 Å². The van der Waals surface area contributed by atoms with Crippen molar-refractivity contribution in [3.63, 3.8) is 0 Å². The standard InChI is InChI=1S/C33H41N5O4S/c1-21-14-23(3)32(24(4)15-21)43(41,42)36-25(5)18-34-30-16-22(2)17-31-29(30)19-35-38(31)28-8-6-27(7-9-28)33(40)37-12-10-26(20-39)11-13-37/h6-9,14-17,19,25-26,34,36,39H,10-13,18,20H2,1-5H3. The van der Waals surface area contributed by atoms with Crippen LogP contribution in [0.5, 0.6) is 0 Å². The first-order valence-electron chi connectivity index (χ1n) is 14.8. The molecular weight excluding hydrogens is 562 g/mol. The van der Waals surface area contributed by atoms with Crippen molar-refractivity contribution in [2.45, 2.75) is 58.4 Å². The number of anilines is 1. The van der Waals surface area contributed by atoms with Crippen LogP contribution in [-0.4, -0.2) is 66.4 Å². The van der Waals surface area contributed by atoms with Crippen molar-refractivity contribution < 1.29 is 18.3 Å². The third kappa shape index (κ3) is 6.61. The number of carbonyl (C=O) groups is 1. The molecule has 43 heavy (non-hydrogen) atoms. The second-order valence-electron chi connectivity index (χ2n) is 11.9. The molecule has 0 aliphatic carbocycles. The zero-order chi connectivity index (χ0) is 30.9. The maximum absolute atomic E-state index is 13.2. The molecule has 0 spiro atoms. The third-order valence-electron chi connectivity index (χ3n) is 8.18. The average molecular weight is 604 g/mol. The van der Waals surface area contributed by atoms with E-state index in [-0.39, 0.29) is 24.5 Å². The number of nitrogens with one attached hydrogen (secondary N) is 2. The molecule has 1 unspecified atom stereocenters. The minimum Gasteiger partial charge on any atom is -0.396 e. The largest absolute Gasteiger partial charge is 0.396 e. The lowest BCUT2D eigenvalue weighted by Crippen LogP contribution is -2.39. The Morgan fingerprint density at radius 2 is 1.63 bits per heavy atom. The molecule has 2 heterocycles. The number of rotatable bonds is 9. The number of likely N-dealkylation sites (tertiary alicyclic amines) is 1. The maximum Gasteiger partial charge on any atom is 0.253 e. The fourth-order valence-electron chi connectivity index (χ4n) is 6.08. The quantitative estimate of drug-likeness (QED) is 0.251. The first kappa shape index (κ1) is 30.7. The molecule has 228 valence electrons. The summed E-state index contributed by atoms with van der Waals surface area (Å²) in [6.07, 6.45) is 3.45. The molecule has 1 aliphatic heterocycles. The summed E-state index contributed by atoms with van der Waals surface area (Å²) in [6, 6.07) is 15.0. The van der Waals surface area contributed by atoms with Crippen molar-refractivity contribution in [3.05, 3.63) is 82.5 Å². The van der Waals surface area contributed by atoms with E-state index >= 15 is 0 Å². The first-order valence-corrected chi connectivity index (χ1v) is 16.3. The van der Waals surface area contributed by atoms with E-state index in [1.165, 1.54) is 0 Å². The molecule has 0 bridgehead atoms. The monoisotopic (exact) mass is 603 g/mol. The lowest BCUT2D eigenvalue weighted by atomic mass is 9.97. The van der Waals surface area contributed by atoms with Gasteiger partial charge in [-0.1, -0.05) is 17.7 Å². The second-order valence-corrected chi connectivity index (χ2v) is 13.5. The van der Waals surface area contributed by atoms with Gasteiger partial charge in [0.05, 0.1) is 22.3 Å². The highest BCUT2D eigenvalue weighted by molar-refractivity contribution is 7.89. The van der Waals surface area contributed by atoms with Crippen LogP contribution in [0, 0.1) is 33.6 Å². The van der Waals surface area contributed by atoms with Crippen LogP contribution in [0.4, 0.5) is 5.69 Å². The fourth-order valence-corrected chi connectivity index (χ4v) is 7.78. The molecule has 3 aromatic carbocycles. The van der Waals surface area contributed by atoms with E-state index in [2.05, 4.69) is 21.2 Å². The molecule has 9 nitrogen and oxygen atoms in total. The Bertz CT molecular complexity index is 1720. The summed E-state index contributed by atoms with van der Waals surface area (Å²) in [4.78, 5) is 15.2. The van der Waals surface area contributed by atoms with Crippen LogP contribution in [0.25, 0.3) is 16.6 Å². The van der Waals surface area contributed by atoms with E-state index in [4.69, 9.17) is 0 Å². The molecular formula is C33H41N5O4S. The van der Waals surface area contributed by atoms with E-state index in [0.29, 0.717) is 30.1 Å². The Morgan fingerprint density at radius 1 is 1.00 bits per heavy atom. The first-order chi connectivity index (χ1) is 20.5. The van der Waals surface area contributed by atoms with Crippen LogP contribution in [0.3, 0.4) is 0 Å². The number of sulfonamides is 1. The number of aromatic nitrogens is 2. The van der Waals surface area contributed by atoms with Crippen molar-refractivity contribution in [2.24, 2.45) is 5.92 Å². The van der Waals surface area contributed by atoms with E-state index in [9.17, 15) is 18.3 Å². The van der Waals surface area contributed by atoms with Gasteiger partial charge >= 0.3 is 0 Å². The minimum atomic E-state index is -3.69. The summed E-state index contributed by atoms with van der Waals surface area (Å²) >= 11 is 0. The summed E-state index contributed by atoms with van der Waals surface area (Å²) in [5.74, 6) is 0.287. The van der Waals surface area contributed by atoms with Crippen LogP contribution in [0.2, 0.25) is 0 Å². The predicted octanol–water partition coefficient (Wildman–Crippen LogP) is 4.88. The molecule has 1 atom stereocenters. The van der Waals surface area contributed by atoms with E-state index in [1.807, 2.05) is 86.7 Å². The minimum absolute atomic E-state index is 0.00744. The summed E-state index contributed by atoms with van der Waals surface area (Å²) in [7, 11) is -3.69. The number of piperidine rings is 1. The van der Waals surface area contributed by atoms with Gasteiger partial charge in [-0.25, -0.2) is 17.8 Å². The Balaban J connectivity index is 1.30. The molecule has 3 N–H and O–H groups in total. The average Bonchev–Trinajstić information content (AvgIpc) is 3.38. The van der Waals surface area contributed by atoms with Gasteiger partial charge in [0.25, 0.3) is 5.91 Å². The molecule has 10 heteroatoms. The van der Waals surface area contributed by atoms with Crippen LogP contribution < -0.4 is 10.0 Å². The van der Waals surface area contributed by atoms with Gasteiger partial charge in [-0.15, -0.1) is 0 Å². The summed E-state index contributed by atoms with van der Waals surface area (Å²) in [5.41, 5.74) is 6.79. The summed E-state index contributed by atoms with van der Waals surface area (Å²) in [6.45, 7) is 11.4. The van der Waals surface area contributed by atoms with Gasteiger partial charge in [0.2, 0.25) is 10.0 Å². The molecule has 0 radical (unpaired) electrons. The fraction of sp³-hybridized carbons (Fsp3) is 0.394. The van der Waals surface area contributed by atoms with Crippen LogP contribution in [-0.2, 0) is 10.0 Å². The van der Waals surface area contributed by atoms with E-state index in [0.717, 1.165) is 57.4 Å². The highest BCUT2D eigenvalue weighted by Crippen LogP contribution is 2.28. The number of nitrogens with zero attached hydrogens (tertiary/aromatic N) is 3. The van der Waals surface area contributed by atoms with Crippen molar-refractivity contribution in [2.75, 3.05) is 31.6 Å². The summed E-state index contributed by atoms with van der Waals surface area (Å²) in [5, 5.41) is 18.4. The highest BCUT2D eigenvalue weighted by atomic mass is 32.2. The molecule has 4 aromatic rings. The number of aliphatic hydroxyl groups is 1. The topological polar surface area (TPSA) is 117 Å². The number of fused-ring (bicyclic) bond motifs is 1.